The van der Waals surface area contributed by atoms with E-state index in [1.807, 2.05) is 0 Å². The molecular formula is C17H37Cl3N4O. The Kier molecular flexibility index (Phi) is 16.8. The second kappa shape index (κ2) is 15.3. The van der Waals surface area contributed by atoms with Gasteiger partial charge in [-0.05, 0) is 57.8 Å². The van der Waals surface area contributed by atoms with E-state index in [-0.39, 0.29) is 43.1 Å². The Bertz CT molecular complexity index is 336. The van der Waals surface area contributed by atoms with Gasteiger partial charge in [-0.1, -0.05) is 6.92 Å². The van der Waals surface area contributed by atoms with Gasteiger partial charge in [-0.3, -0.25) is 4.79 Å². The van der Waals surface area contributed by atoms with Crippen LogP contribution in [0.25, 0.3) is 0 Å². The van der Waals surface area contributed by atoms with Gasteiger partial charge in [-0.25, -0.2) is 0 Å². The van der Waals surface area contributed by atoms with E-state index in [1.54, 1.807) is 0 Å². The van der Waals surface area contributed by atoms with Crippen LogP contribution in [-0.2, 0) is 4.79 Å². The number of hydrogen-bond acceptors (Lipinski definition) is 4. The van der Waals surface area contributed by atoms with Crippen molar-refractivity contribution in [1.82, 2.24) is 20.4 Å². The molecule has 2 N–H and O–H groups in total. The SMILES string of the molecule is CC(CC(=O)NCCCN1CCN(C)CC1)C1CCNCC1.Cl.Cl.Cl. The number of carbonyl (C=O) groups excluding carboxylic acids is 1. The van der Waals surface area contributed by atoms with Crippen molar-refractivity contribution >= 4 is 43.1 Å². The number of carbonyl (C=O) groups is 1. The summed E-state index contributed by atoms with van der Waals surface area (Å²) in [7, 11) is 2.18. The fourth-order valence-corrected chi connectivity index (χ4v) is 3.55. The van der Waals surface area contributed by atoms with Crippen LogP contribution in [0.4, 0.5) is 0 Å². The molecule has 2 aliphatic heterocycles. The second-order valence-corrected chi connectivity index (χ2v) is 7.12. The van der Waals surface area contributed by atoms with Crippen molar-refractivity contribution in [3.63, 3.8) is 0 Å². The fraction of sp³-hybridized carbons (Fsp3) is 0.941. The quantitative estimate of drug-likeness (QED) is 0.620. The normalized spacial score (nSPS) is 20.6. The van der Waals surface area contributed by atoms with Crippen molar-refractivity contribution < 1.29 is 4.79 Å². The van der Waals surface area contributed by atoms with Crippen molar-refractivity contribution in [1.29, 1.82) is 0 Å². The van der Waals surface area contributed by atoms with Crippen LogP contribution in [0.2, 0.25) is 0 Å². The molecule has 2 aliphatic rings. The van der Waals surface area contributed by atoms with Crippen molar-refractivity contribution in [2.24, 2.45) is 11.8 Å². The molecule has 0 saturated carbocycles. The highest BCUT2D eigenvalue weighted by atomic mass is 35.5. The summed E-state index contributed by atoms with van der Waals surface area (Å²) in [4.78, 5) is 16.9. The van der Waals surface area contributed by atoms with Crippen molar-refractivity contribution in [3.8, 4) is 0 Å². The van der Waals surface area contributed by atoms with Crippen LogP contribution < -0.4 is 10.6 Å². The number of piperidine rings is 1. The predicted octanol–water partition coefficient (Wildman–Crippen LogP) is 2.03. The lowest BCUT2D eigenvalue weighted by atomic mass is 9.84. The van der Waals surface area contributed by atoms with E-state index in [4.69, 9.17) is 0 Å². The van der Waals surface area contributed by atoms with Gasteiger partial charge in [0.25, 0.3) is 0 Å². The van der Waals surface area contributed by atoms with Gasteiger partial charge < -0.3 is 20.4 Å². The summed E-state index contributed by atoms with van der Waals surface area (Å²) in [5.74, 6) is 1.47. The minimum atomic E-state index is 0. The lowest BCUT2D eigenvalue weighted by molar-refractivity contribution is -0.122. The molecule has 0 bridgehead atoms. The molecule has 1 amide bonds. The summed E-state index contributed by atoms with van der Waals surface area (Å²) in [6.45, 7) is 11.1. The predicted molar refractivity (Wildman–Crippen MR) is 113 cm³/mol. The maximum Gasteiger partial charge on any atom is 0.220 e. The van der Waals surface area contributed by atoms with Gasteiger partial charge in [0.1, 0.15) is 0 Å². The van der Waals surface area contributed by atoms with Crippen LogP contribution in [-0.4, -0.2) is 75.1 Å². The van der Waals surface area contributed by atoms with E-state index < -0.39 is 0 Å². The molecule has 2 rings (SSSR count). The minimum absolute atomic E-state index is 0. The first-order valence-corrected chi connectivity index (χ1v) is 9.03. The molecule has 0 radical (unpaired) electrons. The lowest BCUT2D eigenvalue weighted by Crippen LogP contribution is -2.45. The van der Waals surface area contributed by atoms with Crippen LogP contribution >= 0.6 is 37.2 Å². The van der Waals surface area contributed by atoms with Gasteiger partial charge >= 0.3 is 0 Å². The molecule has 1 unspecified atom stereocenters. The lowest BCUT2D eigenvalue weighted by Gasteiger charge is -2.32. The van der Waals surface area contributed by atoms with E-state index in [2.05, 4.69) is 34.4 Å². The number of nitrogens with zero attached hydrogens (tertiary/aromatic N) is 2. The Balaban J connectivity index is 0. The van der Waals surface area contributed by atoms with Crippen LogP contribution in [0.1, 0.15) is 32.6 Å². The molecule has 8 heteroatoms. The summed E-state index contributed by atoms with van der Waals surface area (Å²) in [5.41, 5.74) is 0. The molecule has 5 nitrogen and oxygen atoms in total. The Labute approximate surface area is 172 Å². The van der Waals surface area contributed by atoms with Gasteiger partial charge in [0.15, 0.2) is 0 Å². The van der Waals surface area contributed by atoms with E-state index in [0.717, 1.165) is 51.6 Å². The number of amides is 1. The summed E-state index contributed by atoms with van der Waals surface area (Å²) < 4.78 is 0. The van der Waals surface area contributed by atoms with Crippen LogP contribution in [0, 0.1) is 11.8 Å². The topological polar surface area (TPSA) is 47.6 Å². The number of halogens is 3. The van der Waals surface area contributed by atoms with Gasteiger partial charge in [-0.2, -0.15) is 0 Å². The summed E-state index contributed by atoms with van der Waals surface area (Å²) in [6.07, 6.45) is 4.20. The molecule has 2 heterocycles. The fourth-order valence-electron chi connectivity index (χ4n) is 3.55. The molecule has 2 saturated heterocycles. The van der Waals surface area contributed by atoms with Gasteiger partial charge in [0.2, 0.25) is 5.91 Å². The molecule has 152 valence electrons. The van der Waals surface area contributed by atoms with Gasteiger partial charge in [-0.15, -0.1) is 37.2 Å². The molecule has 0 aromatic carbocycles. The third-order valence-corrected chi connectivity index (χ3v) is 5.27. The molecule has 0 spiro atoms. The second-order valence-electron chi connectivity index (χ2n) is 7.12. The molecule has 0 aromatic heterocycles. The average molecular weight is 420 g/mol. The maximum absolute atomic E-state index is 12.0. The van der Waals surface area contributed by atoms with Gasteiger partial charge in [0.05, 0.1) is 0 Å². The monoisotopic (exact) mass is 418 g/mol. The van der Waals surface area contributed by atoms with E-state index in [9.17, 15) is 4.79 Å². The summed E-state index contributed by atoms with van der Waals surface area (Å²) in [6, 6.07) is 0. The Morgan fingerprint density at radius 3 is 2.32 bits per heavy atom. The number of nitrogens with one attached hydrogen (secondary N) is 2. The zero-order chi connectivity index (χ0) is 15.8. The van der Waals surface area contributed by atoms with Crippen LogP contribution in [0.5, 0.6) is 0 Å². The Morgan fingerprint density at radius 1 is 1.12 bits per heavy atom. The highest BCUT2D eigenvalue weighted by Gasteiger charge is 2.21. The summed E-state index contributed by atoms with van der Waals surface area (Å²) >= 11 is 0. The van der Waals surface area contributed by atoms with Crippen LogP contribution in [0.15, 0.2) is 0 Å². The molecular weight excluding hydrogens is 383 g/mol. The number of likely N-dealkylation sites (N-methyl/N-ethyl adjacent to an activating group) is 1. The third kappa shape index (κ3) is 10.8. The van der Waals surface area contributed by atoms with Crippen LogP contribution in [0.3, 0.4) is 0 Å². The smallest absolute Gasteiger partial charge is 0.220 e. The highest BCUT2D eigenvalue weighted by Crippen LogP contribution is 2.24. The number of rotatable bonds is 7. The van der Waals surface area contributed by atoms with E-state index >= 15 is 0 Å². The Morgan fingerprint density at radius 2 is 1.72 bits per heavy atom. The Hall–Kier alpha value is 0.220. The van der Waals surface area contributed by atoms with E-state index in [1.165, 1.54) is 25.9 Å². The van der Waals surface area contributed by atoms with Gasteiger partial charge in [0, 0.05) is 39.1 Å². The first kappa shape index (κ1) is 27.4. The first-order valence-electron chi connectivity index (χ1n) is 9.03. The standard InChI is InChI=1S/C17H34N4O.3ClH/c1-15(16-4-7-18-8-5-16)14-17(22)19-6-3-9-21-12-10-20(2)11-13-21;;;/h15-16,18H,3-14H2,1-2H3,(H,19,22);3*1H. The molecule has 25 heavy (non-hydrogen) atoms. The zero-order valence-electron chi connectivity index (χ0n) is 15.7. The highest BCUT2D eigenvalue weighted by molar-refractivity contribution is 5.86. The molecule has 2 fully saturated rings. The van der Waals surface area contributed by atoms with Crippen molar-refractivity contribution in [2.75, 3.05) is 59.4 Å². The van der Waals surface area contributed by atoms with Crippen molar-refractivity contribution in [2.45, 2.75) is 32.6 Å². The number of hydrogen-bond donors (Lipinski definition) is 2. The molecule has 0 aliphatic carbocycles. The largest absolute Gasteiger partial charge is 0.356 e. The van der Waals surface area contributed by atoms with Crippen molar-refractivity contribution in [3.05, 3.63) is 0 Å². The summed E-state index contributed by atoms with van der Waals surface area (Å²) in [5, 5.41) is 6.50. The molecule has 0 aromatic rings. The maximum atomic E-state index is 12.0. The number of piperazine rings is 1. The van der Waals surface area contributed by atoms with E-state index in [0.29, 0.717) is 12.3 Å². The third-order valence-electron chi connectivity index (χ3n) is 5.27. The first-order chi connectivity index (χ1) is 10.6. The average Bonchev–Trinajstić information content (AvgIpc) is 2.54. The minimum Gasteiger partial charge on any atom is -0.356 e. The molecule has 1 atom stereocenters. The zero-order valence-corrected chi connectivity index (χ0v) is 18.1.